The fourth-order valence-corrected chi connectivity index (χ4v) is 3.73. The summed E-state index contributed by atoms with van der Waals surface area (Å²) in [6.07, 6.45) is 7.53. The van der Waals surface area contributed by atoms with Gasteiger partial charge in [-0.3, -0.25) is 4.90 Å². The summed E-state index contributed by atoms with van der Waals surface area (Å²) in [5, 5.41) is 0. The van der Waals surface area contributed by atoms with Gasteiger partial charge < -0.3 is 14.4 Å². The van der Waals surface area contributed by atoms with Gasteiger partial charge in [-0.2, -0.15) is 0 Å². The lowest BCUT2D eigenvalue weighted by Crippen LogP contribution is -2.51. The van der Waals surface area contributed by atoms with Crippen molar-refractivity contribution in [3.63, 3.8) is 0 Å². The molecule has 5 heteroatoms. The summed E-state index contributed by atoms with van der Waals surface area (Å²) in [7, 11) is 0. The molecule has 0 aromatic carbocycles. The number of hydrogen-bond acceptors (Lipinski definition) is 4. The lowest BCUT2D eigenvalue weighted by Gasteiger charge is -2.42. The van der Waals surface area contributed by atoms with E-state index in [-0.39, 0.29) is 6.09 Å². The van der Waals surface area contributed by atoms with Crippen LogP contribution in [0, 0.1) is 5.92 Å². The van der Waals surface area contributed by atoms with Gasteiger partial charge in [0.05, 0.1) is 6.10 Å². The number of piperidine rings is 2. The molecule has 1 atom stereocenters. The molecular formula is C19H34N2O3. The molecule has 0 N–H and O–H groups in total. The Morgan fingerprint density at radius 2 is 1.75 bits per heavy atom. The Hall–Kier alpha value is -0.810. The summed E-state index contributed by atoms with van der Waals surface area (Å²) >= 11 is 0. The van der Waals surface area contributed by atoms with E-state index in [1.54, 1.807) is 0 Å². The normalized spacial score (nSPS) is 27.3. The van der Waals surface area contributed by atoms with E-state index in [0.29, 0.717) is 12.1 Å². The van der Waals surface area contributed by atoms with Crippen LogP contribution in [0.1, 0.15) is 59.3 Å². The fraction of sp³-hybridized carbons (Fsp3) is 0.947. The van der Waals surface area contributed by atoms with Crippen molar-refractivity contribution in [2.24, 2.45) is 5.92 Å². The highest BCUT2D eigenvalue weighted by Gasteiger charge is 2.32. The van der Waals surface area contributed by atoms with Crippen molar-refractivity contribution in [2.75, 3.05) is 32.8 Å². The molecule has 2 aliphatic heterocycles. The molecule has 0 radical (unpaired) electrons. The molecule has 3 aliphatic rings. The van der Waals surface area contributed by atoms with Crippen LogP contribution >= 0.6 is 0 Å². The Bertz CT molecular complexity index is 423. The second-order valence-corrected chi connectivity index (χ2v) is 8.73. The van der Waals surface area contributed by atoms with Crippen molar-refractivity contribution in [1.29, 1.82) is 0 Å². The molecule has 2 saturated heterocycles. The van der Waals surface area contributed by atoms with Crippen LogP contribution in [0.15, 0.2) is 0 Å². The average molecular weight is 338 g/mol. The molecule has 2 heterocycles. The third kappa shape index (κ3) is 5.35. The molecule has 5 nitrogen and oxygen atoms in total. The van der Waals surface area contributed by atoms with Crippen LogP contribution in [-0.4, -0.2) is 66.4 Å². The molecule has 1 aliphatic carbocycles. The molecule has 0 spiro atoms. The van der Waals surface area contributed by atoms with E-state index in [1.807, 2.05) is 25.7 Å². The first kappa shape index (κ1) is 18.0. The molecule has 1 unspecified atom stereocenters. The van der Waals surface area contributed by atoms with Crippen LogP contribution in [-0.2, 0) is 9.47 Å². The van der Waals surface area contributed by atoms with Gasteiger partial charge in [0.15, 0.2) is 0 Å². The molecule has 0 aromatic rings. The third-order valence-electron chi connectivity index (χ3n) is 5.31. The summed E-state index contributed by atoms with van der Waals surface area (Å²) in [4.78, 5) is 16.6. The van der Waals surface area contributed by atoms with Crippen LogP contribution in [0.4, 0.5) is 4.79 Å². The molecule has 0 aromatic heterocycles. The van der Waals surface area contributed by atoms with Crippen LogP contribution in [0.25, 0.3) is 0 Å². The second kappa shape index (κ2) is 7.61. The molecule has 3 fully saturated rings. The van der Waals surface area contributed by atoms with Crippen molar-refractivity contribution in [1.82, 2.24) is 9.80 Å². The maximum atomic E-state index is 12.2. The van der Waals surface area contributed by atoms with Crippen molar-refractivity contribution in [3.8, 4) is 0 Å². The summed E-state index contributed by atoms with van der Waals surface area (Å²) in [6, 6.07) is 0.594. The first-order valence-electron chi connectivity index (χ1n) is 9.74. The largest absolute Gasteiger partial charge is 0.444 e. The molecule has 0 bridgehead atoms. The Morgan fingerprint density at radius 3 is 2.38 bits per heavy atom. The van der Waals surface area contributed by atoms with Gasteiger partial charge in [-0.15, -0.1) is 0 Å². The van der Waals surface area contributed by atoms with E-state index in [1.165, 1.54) is 32.2 Å². The van der Waals surface area contributed by atoms with Crippen LogP contribution in [0.5, 0.6) is 0 Å². The van der Waals surface area contributed by atoms with Gasteiger partial charge in [-0.1, -0.05) is 0 Å². The highest BCUT2D eigenvalue weighted by Crippen LogP contribution is 2.30. The number of nitrogens with zero attached hydrogens (tertiary/aromatic N) is 2. The minimum absolute atomic E-state index is 0.162. The fourth-order valence-electron chi connectivity index (χ4n) is 3.73. The lowest BCUT2D eigenvalue weighted by atomic mass is 9.99. The maximum Gasteiger partial charge on any atom is 0.410 e. The Balaban J connectivity index is 1.41. The van der Waals surface area contributed by atoms with Crippen molar-refractivity contribution >= 4 is 6.09 Å². The number of carbonyl (C=O) groups is 1. The topological polar surface area (TPSA) is 42.0 Å². The summed E-state index contributed by atoms with van der Waals surface area (Å²) in [6.45, 7) is 10.6. The molecule has 24 heavy (non-hydrogen) atoms. The van der Waals surface area contributed by atoms with E-state index in [9.17, 15) is 4.79 Å². The number of likely N-dealkylation sites (tertiary alicyclic amines) is 2. The van der Waals surface area contributed by atoms with Crippen LogP contribution < -0.4 is 0 Å². The Morgan fingerprint density at radius 1 is 1.04 bits per heavy atom. The molecule has 1 amide bonds. The van der Waals surface area contributed by atoms with E-state index in [2.05, 4.69) is 4.90 Å². The summed E-state index contributed by atoms with van der Waals surface area (Å²) < 4.78 is 11.6. The Labute approximate surface area is 146 Å². The zero-order valence-corrected chi connectivity index (χ0v) is 15.6. The first-order valence-corrected chi connectivity index (χ1v) is 9.74. The highest BCUT2D eigenvalue weighted by atomic mass is 16.6. The standard InChI is InChI=1S/C19H34N2O3/c1-19(2,3)24-18(22)20-11-8-16(9-12-20)21-10-4-5-17(13-21)23-14-15-6-7-15/h15-17H,4-14H2,1-3H3. The lowest BCUT2D eigenvalue weighted by molar-refractivity contribution is -0.0281. The zero-order valence-electron chi connectivity index (χ0n) is 15.6. The van der Waals surface area contributed by atoms with Gasteiger partial charge >= 0.3 is 6.09 Å². The van der Waals surface area contributed by atoms with Crippen LogP contribution in [0.3, 0.4) is 0 Å². The van der Waals surface area contributed by atoms with Gasteiger partial charge in [-0.25, -0.2) is 4.79 Å². The monoisotopic (exact) mass is 338 g/mol. The molecular weight excluding hydrogens is 304 g/mol. The minimum atomic E-state index is -0.410. The second-order valence-electron chi connectivity index (χ2n) is 8.73. The third-order valence-corrected chi connectivity index (χ3v) is 5.31. The predicted molar refractivity (Wildman–Crippen MR) is 94.1 cm³/mol. The van der Waals surface area contributed by atoms with Crippen molar-refractivity contribution in [3.05, 3.63) is 0 Å². The predicted octanol–water partition coefficient (Wildman–Crippen LogP) is 3.28. The maximum absolute atomic E-state index is 12.2. The molecule has 138 valence electrons. The SMILES string of the molecule is CC(C)(C)OC(=O)N1CCC(N2CCCC(OCC3CC3)C2)CC1. The minimum Gasteiger partial charge on any atom is -0.444 e. The van der Waals surface area contributed by atoms with Crippen LogP contribution in [0.2, 0.25) is 0 Å². The van der Waals surface area contributed by atoms with Crippen molar-refractivity contribution < 1.29 is 14.3 Å². The van der Waals surface area contributed by atoms with Gasteiger partial charge in [0.1, 0.15) is 5.60 Å². The Kier molecular flexibility index (Phi) is 5.70. The van der Waals surface area contributed by atoms with Gasteiger partial charge in [0.2, 0.25) is 0 Å². The summed E-state index contributed by atoms with van der Waals surface area (Å²) in [5.41, 5.74) is -0.410. The molecule has 1 saturated carbocycles. The smallest absolute Gasteiger partial charge is 0.410 e. The first-order chi connectivity index (χ1) is 11.4. The zero-order chi connectivity index (χ0) is 17.2. The van der Waals surface area contributed by atoms with Gasteiger partial charge in [0.25, 0.3) is 0 Å². The number of amides is 1. The van der Waals surface area contributed by atoms with Gasteiger partial charge in [-0.05, 0) is 71.8 Å². The average Bonchev–Trinajstić information content (AvgIpc) is 3.36. The van der Waals surface area contributed by atoms with E-state index >= 15 is 0 Å². The number of carbonyl (C=O) groups excluding carboxylic acids is 1. The number of rotatable bonds is 4. The number of hydrogen-bond donors (Lipinski definition) is 0. The highest BCUT2D eigenvalue weighted by molar-refractivity contribution is 5.68. The molecule has 3 rings (SSSR count). The van der Waals surface area contributed by atoms with E-state index < -0.39 is 5.60 Å². The van der Waals surface area contributed by atoms with E-state index in [0.717, 1.165) is 45.0 Å². The van der Waals surface area contributed by atoms with Crippen molar-refractivity contribution in [2.45, 2.75) is 77.0 Å². The quantitative estimate of drug-likeness (QED) is 0.789. The number of ether oxygens (including phenoxy) is 2. The van der Waals surface area contributed by atoms with E-state index in [4.69, 9.17) is 9.47 Å². The summed E-state index contributed by atoms with van der Waals surface area (Å²) in [5.74, 6) is 0.845. The van der Waals surface area contributed by atoms with Gasteiger partial charge in [0, 0.05) is 32.3 Å².